The summed E-state index contributed by atoms with van der Waals surface area (Å²) in [5.74, 6) is -0.0397. The number of nitrogens with one attached hydrogen (secondary N) is 1. The number of aromatic nitrogens is 2. The molecule has 0 unspecified atom stereocenters. The van der Waals surface area contributed by atoms with E-state index >= 15 is 0 Å². The number of nitrogens with zero attached hydrogens (tertiary/aromatic N) is 3. The Labute approximate surface area is 261 Å². The molecule has 2 heterocycles. The van der Waals surface area contributed by atoms with Gasteiger partial charge in [0.15, 0.2) is 0 Å². The lowest BCUT2D eigenvalue weighted by Crippen LogP contribution is -2.40. The number of benzene rings is 4. The van der Waals surface area contributed by atoms with Gasteiger partial charge in [0.05, 0.1) is 11.1 Å². The van der Waals surface area contributed by atoms with Crippen molar-refractivity contribution in [1.29, 1.82) is 0 Å². The van der Waals surface area contributed by atoms with Gasteiger partial charge in [0, 0.05) is 47.0 Å². The number of halogens is 2. The lowest BCUT2D eigenvalue weighted by molar-refractivity contribution is 0.0697. The minimum Gasteiger partial charge on any atom is -0.478 e. The zero-order valence-corrected chi connectivity index (χ0v) is 25.1. The Kier molecular flexibility index (Phi) is 8.89. The third-order valence-electron chi connectivity index (χ3n) is 8.25. The van der Waals surface area contributed by atoms with E-state index in [4.69, 9.17) is 28.3 Å². The van der Waals surface area contributed by atoms with Crippen LogP contribution in [-0.4, -0.2) is 51.6 Å². The molecule has 1 fully saturated rings. The first-order chi connectivity index (χ1) is 20.9. The molecule has 6 nitrogen and oxygen atoms in total. The van der Waals surface area contributed by atoms with Crippen LogP contribution in [0.1, 0.15) is 51.4 Å². The van der Waals surface area contributed by atoms with Gasteiger partial charge in [-0.2, -0.15) is 0 Å². The fourth-order valence-corrected chi connectivity index (χ4v) is 6.10. The van der Waals surface area contributed by atoms with E-state index < -0.39 is 5.97 Å². The summed E-state index contributed by atoms with van der Waals surface area (Å²) in [6.45, 7) is 2.94. The van der Waals surface area contributed by atoms with Crippen molar-refractivity contribution < 1.29 is 9.90 Å². The molecule has 0 bridgehead atoms. The number of piperidine rings is 1. The molecule has 0 spiro atoms. The highest BCUT2D eigenvalue weighted by atomic mass is 35.5. The number of carboxylic acids is 1. The molecule has 0 atom stereocenters. The first-order valence-corrected chi connectivity index (χ1v) is 15.3. The Morgan fingerprint density at radius 1 is 0.837 bits per heavy atom. The van der Waals surface area contributed by atoms with E-state index in [1.807, 2.05) is 36.4 Å². The number of likely N-dealkylation sites (tertiary alicyclic amines) is 1. The summed E-state index contributed by atoms with van der Waals surface area (Å²) >= 11 is 12.5. The number of carbonyl (C=O) groups is 1. The Hall–Kier alpha value is -3.97. The second-order valence-corrected chi connectivity index (χ2v) is 11.9. The average Bonchev–Trinajstić information content (AvgIpc) is 3.03. The van der Waals surface area contributed by atoms with Crippen molar-refractivity contribution in [3.8, 4) is 0 Å². The van der Waals surface area contributed by atoms with Gasteiger partial charge in [-0.1, -0.05) is 65.7 Å². The maximum Gasteiger partial charge on any atom is 0.335 e. The lowest BCUT2D eigenvalue weighted by Gasteiger charge is -2.32. The third kappa shape index (κ3) is 6.99. The van der Waals surface area contributed by atoms with Crippen molar-refractivity contribution in [3.05, 3.63) is 135 Å². The Balaban J connectivity index is 1.17. The Morgan fingerprint density at radius 3 is 2.05 bits per heavy atom. The second kappa shape index (κ2) is 13.1. The van der Waals surface area contributed by atoms with E-state index in [9.17, 15) is 4.79 Å². The number of carboxylic acid groups (broad SMARTS) is 1. The summed E-state index contributed by atoms with van der Waals surface area (Å²) < 4.78 is 0. The molecule has 1 aromatic heterocycles. The molecule has 1 saturated heterocycles. The van der Waals surface area contributed by atoms with E-state index in [-0.39, 0.29) is 5.92 Å². The molecule has 0 amide bonds. The van der Waals surface area contributed by atoms with Gasteiger partial charge >= 0.3 is 5.97 Å². The molecule has 5 aromatic rings. The SMILES string of the molecule is O=C(O)c1ccc(CCN2CCC(Nc3ncnc4ccc(C(c5ccc(Cl)cc5)c5ccc(Cl)cc5)cc34)CC2)cc1. The van der Waals surface area contributed by atoms with Gasteiger partial charge in [0.25, 0.3) is 0 Å². The Morgan fingerprint density at radius 2 is 1.44 bits per heavy atom. The number of fused-ring (bicyclic) bond motifs is 1. The number of rotatable bonds is 9. The molecule has 8 heteroatoms. The summed E-state index contributed by atoms with van der Waals surface area (Å²) in [5, 5.41) is 15.3. The normalized spacial score (nSPS) is 14.3. The third-order valence-corrected chi connectivity index (χ3v) is 8.75. The highest BCUT2D eigenvalue weighted by molar-refractivity contribution is 6.30. The maximum atomic E-state index is 11.1. The van der Waals surface area contributed by atoms with Crippen LogP contribution in [0.2, 0.25) is 10.0 Å². The highest BCUT2D eigenvalue weighted by Gasteiger charge is 2.22. The summed E-state index contributed by atoms with van der Waals surface area (Å²) in [5.41, 5.74) is 5.81. The monoisotopic (exact) mass is 610 g/mol. The van der Waals surface area contributed by atoms with Crippen LogP contribution in [0.3, 0.4) is 0 Å². The van der Waals surface area contributed by atoms with Gasteiger partial charge < -0.3 is 15.3 Å². The van der Waals surface area contributed by atoms with Crippen molar-refractivity contribution in [1.82, 2.24) is 14.9 Å². The van der Waals surface area contributed by atoms with Crippen LogP contribution in [0.4, 0.5) is 5.82 Å². The topological polar surface area (TPSA) is 78.4 Å². The zero-order valence-electron chi connectivity index (χ0n) is 23.6. The smallest absolute Gasteiger partial charge is 0.335 e. The molecule has 0 radical (unpaired) electrons. The zero-order chi connectivity index (χ0) is 29.8. The van der Waals surface area contributed by atoms with Crippen molar-refractivity contribution in [3.63, 3.8) is 0 Å². The van der Waals surface area contributed by atoms with Gasteiger partial charge in [-0.3, -0.25) is 0 Å². The number of anilines is 1. The van der Waals surface area contributed by atoms with E-state index in [0.717, 1.165) is 77.9 Å². The van der Waals surface area contributed by atoms with Crippen molar-refractivity contribution in [2.75, 3.05) is 25.0 Å². The summed E-state index contributed by atoms with van der Waals surface area (Å²) in [6.07, 6.45) is 4.56. The van der Waals surface area contributed by atoms with Crippen molar-refractivity contribution in [2.24, 2.45) is 0 Å². The molecule has 1 aliphatic rings. The van der Waals surface area contributed by atoms with Crippen molar-refractivity contribution in [2.45, 2.75) is 31.2 Å². The van der Waals surface area contributed by atoms with Crippen LogP contribution >= 0.6 is 23.2 Å². The average molecular weight is 612 g/mol. The molecular weight excluding hydrogens is 579 g/mol. The van der Waals surface area contributed by atoms with Crippen LogP contribution in [0.25, 0.3) is 10.9 Å². The fourth-order valence-electron chi connectivity index (χ4n) is 5.85. The van der Waals surface area contributed by atoms with E-state index in [1.165, 1.54) is 0 Å². The molecule has 0 saturated carbocycles. The quantitative estimate of drug-likeness (QED) is 0.165. The standard InChI is InChI=1S/C35H32Cl2N4O2/c36-28-10-5-24(6-11-28)33(25-7-12-29(37)13-8-25)27-9-14-32-31(21-27)34(39-22-38-32)40-30-16-19-41(20-17-30)18-15-23-1-3-26(4-2-23)35(42)43/h1-14,21-22,30,33H,15-20H2,(H,42,43)(H,38,39,40). The van der Waals surface area contributed by atoms with Crippen LogP contribution in [0, 0.1) is 0 Å². The van der Waals surface area contributed by atoms with Gasteiger partial charge in [-0.15, -0.1) is 0 Å². The second-order valence-electron chi connectivity index (χ2n) is 11.0. The van der Waals surface area contributed by atoms with E-state index in [0.29, 0.717) is 21.7 Å². The number of hydrogen-bond donors (Lipinski definition) is 2. The largest absolute Gasteiger partial charge is 0.478 e. The Bertz CT molecular complexity index is 1660. The van der Waals surface area contributed by atoms with Crippen LogP contribution < -0.4 is 5.32 Å². The van der Waals surface area contributed by atoms with Crippen LogP contribution in [0.5, 0.6) is 0 Å². The summed E-state index contributed by atoms with van der Waals surface area (Å²) in [6, 6.07) is 29.9. The summed E-state index contributed by atoms with van der Waals surface area (Å²) in [4.78, 5) is 22.8. The van der Waals surface area contributed by atoms with Crippen LogP contribution in [-0.2, 0) is 6.42 Å². The molecule has 0 aliphatic carbocycles. The van der Waals surface area contributed by atoms with Gasteiger partial charge in [-0.05, 0) is 90.0 Å². The molecule has 218 valence electrons. The lowest BCUT2D eigenvalue weighted by atomic mass is 9.84. The predicted molar refractivity (Wildman–Crippen MR) is 174 cm³/mol. The minimum atomic E-state index is -0.892. The molecule has 4 aromatic carbocycles. The summed E-state index contributed by atoms with van der Waals surface area (Å²) in [7, 11) is 0. The van der Waals surface area contributed by atoms with Gasteiger partial charge in [-0.25, -0.2) is 14.8 Å². The highest BCUT2D eigenvalue weighted by Crippen LogP contribution is 2.35. The van der Waals surface area contributed by atoms with Gasteiger partial charge in [0.1, 0.15) is 12.1 Å². The molecule has 2 N–H and O–H groups in total. The molecule has 43 heavy (non-hydrogen) atoms. The maximum absolute atomic E-state index is 11.1. The van der Waals surface area contributed by atoms with Crippen molar-refractivity contribution >= 4 is 45.9 Å². The predicted octanol–water partition coefficient (Wildman–Crippen LogP) is 7.93. The van der Waals surface area contributed by atoms with E-state index in [2.05, 4.69) is 62.6 Å². The molecule has 1 aliphatic heterocycles. The fraction of sp³-hybridized carbons (Fsp3) is 0.229. The number of aromatic carboxylic acids is 1. The first-order valence-electron chi connectivity index (χ1n) is 14.5. The molecular formula is C35H32Cl2N4O2. The van der Waals surface area contributed by atoms with Gasteiger partial charge in [0.2, 0.25) is 0 Å². The number of hydrogen-bond acceptors (Lipinski definition) is 5. The van der Waals surface area contributed by atoms with Crippen LogP contribution in [0.15, 0.2) is 97.3 Å². The molecule has 6 rings (SSSR count). The minimum absolute atomic E-state index is 0.00411. The first kappa shape index (κ1) is 29.1. The van der Waals surface area contributed by atoms with E-state index in [1.54, 1.807) is 18.5 Å².